The Morgan fingerprint density at radius 1 is 0.897 bits per heavy atom. The molecule has 4 rings (SSSR count). The summed E-state index contributed by atoms with van der Waals surface area (Å²) in [4.78, 5) is 0. The summed E-state index contributed by atoms with van der Waals surface area (Å²) in [5, 5.41) is 11.6. The smallest absolute Gasteiger partial charge is 0.193 e. The van der Waals surface area contributed by atoms with Crippen LogP contribution in [0.3, 0.4) is 0 Å². The molecule has 5 nitrogen and oxygen atoms in total. The van der Waals surface area contributed by atoms with Crippen LogP contribution in [-0.4, -0.2) is 20.2 Å². The Hall–Kier alpha value is -3.03. The Kier molecular flexibility index (Phi) is 5.42. The Morgan fingerprint density at radius 3 is 2.34 bits per heavy atom. The molecule has 3 aromatic carbocycles. The van der Waals surface area contributed by atoms with Gasteiger partial charge in [-0.3, -0.25) is 0 Å². The Morgan fingerprint density at radius 2 is 1.62 bits per heavy atom. The average Bonchev–Trinajstić information content (AvgIpc) is 3.17. The lowest BCUT2D eigenvalue weighted by molar-refractivity contribution is 0.306. The first kappa shape index (κ1) is 19.3. The van der Waals surface area contributed by atoms with E-state index < -0.39 is 11.6 Å². The third-order valence-electron chi connectivity index (χ3n) is 4.12. The molecule has 0 aliphatic heterocycles. The first-order chi connectivity index (χ1) is 14.0. The fraction of sp³-hybridized carbons (Fsp3) is 0.0500. The molecule has 9 heteroatoms. The molecule has 1 heterocycles. The van der Waals surface area contributed by atoms with Gasteiger partial charge in [-0.05, 0) is 34.2 Å². The summed E-state index contributed by atoms with van der Waals surface area (Å²) < 4.78 is 35.4. The molecule has 0 spiro atoms. The second-order valence-corrected chi connectivity index (χ2v) is 6.83. The van der Waals surface area contributed by atoms with Gasteiger partial charge >= 0.3 is 0 Å². The van der Waals surface area contributed by atoms with E-state index in [-0.39, 0.29) is 33.7 Å². The summed E-state index contributed by atoms with van der Waals surface area (Å²) in [5.74, 6) is -1.41. The predicted molar refractivity (Wildman–Crippen MR) is 105 cm³/mol. The number of tetrazole rings is 1. The first-order valence-corrected chi connectivity index (χ1v) is 9.19. The van der Waals surface area contributed by atoms with Crippen molar-refractivity contribution < 1.29 is 13.5 Å². The van der Waals surface area contributed by atoms with E-state index >= 15 is 0 Å². The van der Waals surface area contributed by atoms with E-state index in [0.29, 0.717) is 5.75 Å². The molecule has 146 valence electrons. The van der Waals surface area contributed by atoms with Gasteiger partial charge in [0.1, 0.15) is 24.0 Å². The van der Waals surface area contributed by atoms with E-state index in [4.69, 9.17) is 27.9 Å². The van der Waals surface area contributed by atoms with E-state index in [0.717, 1.165) is 22.4 Å². The van der Waals surface area contributed by atoms with Gasteiger partial charge in [0.15, 0.2) is 5.82 Å². The molecule has 4 aromatic rings. The van der Waals surface area contributed by atoms with E-state index in [9.17, 15) is 8.78 Å². The summed E-state index contributed by atoms with van der Waals surface area (Å²) in [6.45, 7) is 0.270. The molecular formula is C20H12Cl2F2N4O. The highest BCUT2D eigenvalue weighted by molar-refractivity contribution is 6.36. The number of hydrogen-bond acceptors (Lipinski definition) is 4. The third-order valence-corrected chi connectivity index (χ3v) is 4.72. The molecule has 0 saturated carbocycles. The molecule has 0 saturated heterocycles. The van der Waals surface area contributed by atoms with Crippen molar-refractivity contribution >= 4 is 23.2 Å². The van der Waals surface area contributed by atoms with Gasteiger partial charge < -0.3 is 4.74 Å². The summed E-state index contributed by atoms with van der Waals surface area (Å²) in [5.41, 5.74) is 0.841. The lowest BCUT2D eigenvalue weighted by atomic mass is 10.2. The molecule has 0 aliphatic carbocycles. The van der Waals surface area contributed by atoms with Crippen molar-refractivity contribution in [3.05, 3.63) is 87.9 Å². The van der Waals surface area contributed by atoms with Crippen molar-refractivity contribution in [2.75, 3.05) is 0 Å². The molecule has 0 bridgehead atoms. The SMILES string of the molecule is Fc1cccc(F)c1-c1nnnn1-c1cc(OCc2ccccc2)c(Cl)cc1Cl. The lowest BCUT2D eigenvalue weighted by Crippen LogP contribution is -2.04. The Balaban J connectivity index is 1.74. The second-order valence-electron chi connectivity index (χ2n) is 6.02. The Bertz CT molecular complexity index is 1150. The van der Waals surface area contributed by atoms with Gasteiger partial charge in [-0.25, -0.2) is 8.78 Å². The minimum atomic E-state index is -0.799. The van der Waals surface area contributed by atoms with E-state index in [2.05, 4.69) is 15.5 Å². The van der Waals surface area contributed by atoms with Crippen LogP contribution in [0, 0.1) is 11.6 Å². The molecule has 0 N–H and O–H groups in total. The van der Waals surface area contributed by atoms with Crippen LogP contribution in [0.4, 0.5) is 8.78 Å². The van der Waals surface area contributed by atoms with Crippen LogP contribution >= 0.6 is 23.2 Å². The molecule has 0 atom stereocenters. The zero-order valence-electron chi connectivity index (χ0n) is 14.7. The van der Waals surface area contributed by atoms with Gasteiger partial charge in [0.05, 0.1) is 21.3 Å². The van der Waals surface area contributed by atoms with Gasteiger partial charge in [-0.2, -0.15) is 4.68 Å². The van der Waals surface area contributed by atoms with Crippen LogP contribution in [0.2, 0.25) is 10.0 Å². The summed E-state index contributed by atoms with van der Waals surface area (Å²) in [6, 6.07) is 16.0. The normalized spacial score (nSPS) is 10.9. The van der Waals surface area contributed by atoms with Gasteiger partial charge in [-0.15, -0.1) is 5.10 Å². The number of hydrogen-bond donors (Lipinski definition) is 0. The van der Waals surface area contributed by atoms with E-state index in [1.54, 1.807) is 0 Å². The van der Waals surface area contributed by atoms with Crippen molar-refractivity contribution in [2.24, 2.45) is 0 Å². The third kappa shape index (κ3) is 3.92. The number of rotatable bonds is 5. The van der Waals surface area contributed by atoms with Crippen LogP contribution in [0.5, 0.6) is 5.75 Å². The van der Waals surface area contributed by atoms with Gasteiger partial charge in [0, 0.05) is 6.07 Å². The molecule has 29 heavy (non-hydrogen) atoms. The van der Waals surface area contributed by atoms with Crippen LogP contribution in [0.15, 0.2) is 60.7 Å². The monoisotopic (exact) mass is 432 g/mol. The van der Waals surface area contributed by atoms with Crippen molar-refractivity contribution in [3.63, 3.8) is 0 Å². The zero-order valence-corrected chi connectivity index (χ0v) is 16.2. The average molecular weight is 433 g/mol. The molecule has 1 aromatic heterocycles. The largest absolute Gasteiger partial charge is 0.487 e. The standard InChI is InChI=1S/C20H12Cl2F2N4O/c21-13-9-14(22)18(29-11-12-5-2-1-3-6-12)10-17(13)28-20(25-26-27-28)19-15(23)7-4-8-16(19)24/h1-10H,11H2. The fourth-order valence-electron chi connectivity index (χ4n) is 2.74. The van der Waals surface area contributed by atoms with E-state index in [1.165, 1.54) is 18.2 Å². The highest BCUT2D eigenvalue weighted by Gasteiger charge is 2.21. The van der Waals surface area contributed by atoms with Crippen LogP contribution in [-0.2, 0) is 6.61 Å². The van der Waals surface area contributed by atoms with Crippen molar-refractivity contribution in [1.29, 1.82) is 0 Å². The maximum atomic E-state index is 14.2. The van der Waals surface area contributed by atoms with Gasteiger partial charge in [0.25, 0.3) is 0 Å². The fourth-order valence-corrected chi connectivity index (χ4v) is 3.26. The number of benzene rings is 3. The van der Waals surface area contributed by atoms with Gasteiger partial charge in [-0.1, -0.05) is 59.6 Å². The second kappa shape index (κ2) is 8.14. The predicted octanol–water partition coefficient (Wildman–Crippen LogP) is 5.49. The quantitative estimate of drug-likeness (QED) is 0.418. The lowest BCUT2D eigenvalue weighted by Gasteiger charge is -2.13. The van der Waals surface area contributed by atoms with Crippen LogP contribution in [0.1, 0.15) is 5.56 Å². The maximum absolute atomic E-state index is 14.2. The van der Waals surface area contributed by atoms with Crippen molar-refractivity contribution in [2.45, 2.75) is 6.61 Å². The van der Waals surface area contributed by atoms with Crippen molar-refractivity contribution in [1.82, 2.24) is 20.2 Å². The molecule has 0 amide bonds. The Labute approximate surface area is 174 Å². The van der Waals surface area contributed by atoms with Crippen LogP contribution < -0.4 is 4.74 Å². The van der Waals surface area contributed by atoms with Crippen LogP contribution in [0.25, 0.3) is 17.1 Å². The number of halogens is 4. The number of ether oxygens (including phenoxy) is 1. The minimum Gasteiger partial charge on any atom is -0.487 e. The molecule has 0 radical (unpaired) electrons. The highest BCUT2D eigenvalue weighted by atomic mass is 35.5. The maximum Gasteiger partial charge on any atom is 0.193 e. The summed E-state index contributed by atoms with van der Waals surface area (Å²) in [7, 11) is 0. The number of aromatic nitrogens is 4. The number of nitrogens with zero attached hydrogens (tertiary/aromatic N) is 4. The van der Waals surface area contributed by atoms with Crippen molar-refractivity contribution in [3.8, 4) is 22.8 Å². The molecule has 0 fully saturated rings. The van der Waals surface area contributed by atoms with E-state index in [1.807, 2.05) is 30.3 Å². The molecule has 0 aliphatic rings. The first-order valence-electron chi connectivity index (χ1n) is 8.43. The topological polar surface area (TPSA) is 52.8 Å². The van der Waals surface area contributed by atoms with Gasteiger partial charge in [0.2, 0.25) is 0 Å². The molecule has 0 unspecified atom stereocenters. The zero-order chi connectivity index (χ0) is 20.4. The summed E-state index contributed by atoms with van der Waals surface area (Å²) >= 11 is 12.6. The highest BCUT2D eigenvalue weighted by Crippen LogP contribution is 2.35. The summed E-state index contributed by atoms with van der Waals surface area (Å²) in [6.07, 6.45) is 0. The minimum absolute atomic E-state index is 0.140. The molecular weight excluding hydrogens is 421 g/mol.